The van der Waals surface area contributed by atoms with Gasteiger partial charge in [0.2, 0.25) is 0 Å². The fraction of sp³-hybridized carbons (Fsp3) is 0.533. The Morgan fingerprint density at radius 3 is 3.10 bits per heavy atom. The van der Waals surface area contributed by atoms with Gasteiger partial charge in [-0.2, -0.15) is 0 Å². The number of aromatic nitrogens is 2. The van der Waals surface area contributed by atoms with Gasteiger partial charge in [0, 0.05) is 25.5 Å². The van der Waals surface area contributed by atoms with Gasteiger partial charge in [0.25, 0.3) is 5.91 Å². The molecule has 0 aromatic carbocycles. The summed E-state index contributed by atoms with van der Waals surface area (Å²) in [7, 11) is 2.14. The van der Waals surface area contributed by atoms with Crippen molar-refractivity contribution in [3.8, 4) is 0 Å². The fourth-order valence-electron chi connectivity index (χ4n) is 2.67. The van der Waals surface area contributed by atoms with Crippen molar-refractivity contribution in [3.05, 3.63) is 36.4 Å². The molecule has 1 aromatic rings. The molecule has 1 unspecified atom stereocenters. The molecule has 0 aliphatic carbocycles. The average Bonchev–Trinajstić information content (AvgIpc) is 2.45. The summed E-state index contributed by atoms with van der Waals surface area (Å²) in [6, 6.07) is 0. The highest BCUT2D eigenvalue weighted by atomic mass is 16.1. The van der Waals surface area contributed by atoms with Gasteiger partial charge in [-0.15, -0.1) is 6.58 Å². The molecule has 5 nitrogen and oxygen atoms in total. The van der Waals surface area contributed by atoms with Gasteiger partial charge in [-0.1, -0.05) is 6.08 Å². The van der Waals surface area contributed by atoms with E-state index in [0.717, 1.165) is 25.2 Å². The third-order valence-electron chi connectivity index (χ3n) is 3.60. The molecular weight excluding hydrogens is 252 g/mol. The van der Waals surface area contributed by atoms with E-state index in [4.69, 9.17) is 0 Å². The van der Waals surface area contributed by atoms with Crippen LogP contribution in [0.5, 0.6) is 0 Å². The Balaban J connectivity index is 2.07. The van der Waals surface area contributed by atoms with E-state index in [9.17, 15) is 4.79 Å². The molecule has 1 atom stereocenters. The smallest absolute Gasteiger partial charge is 0.272 e. The first-order valence-corrected chi connectivity index (χ1v) is 7.08. The van der Waals surface area contributed by atoms with E-state index in [0.29, 0.717) is 18.2 Å². The number of nitrogens with zero attached hydrogens (tertiary/aromatic N) is 3. The zero-order valence-corrected chi connectivity index (χ0v) is 12.0. The van der Waals surface area contributed by atoms with Gasteiger partial charge in [0.05, 0.1) is 5.69 Å². The third-order valence-corrected chi connectivity index (χ3v) is 3.60. The predicted octanol–water partition coefficient (Wildman–Crippen LogP) is 1.28. The molecule has 2 rings (SSSR count). The first-order valence-electron chi connectivity index (χ1n) is 7.08. The number of hydrogen-bond acceptors (Lipinski definition) is 4. The Morgan fingerprint density at radius 1 is 1.55 bits per heavy atom. The van der Waals surface area contributed by atoms with E-state index in [2.05, 4.69) is 33.8 Å². The van der Waals surface area contributed by atoms with Crippen LogP contribution in [0.1, 0.15) is 29.0 Å². The van der Waals surface area contributed by atoms with E-state index >= 15 is 0 Å². The van der Waals surface area contributed by atoms with E-state index in [1.807, 2.05) is 0 Å². The van der Waals surface area contributed by atoms with Crippen molar-refractivity contribution in [3.63, 3.8) is 0 Å². The number of carbonyl (C=O) groups is 1. The quantitative estimate of drug-likeness (QED) is 0.822. The largest absolute Gasteiger partial charge is 0.347 e. The van der Waals surface area contributed by atoms with Crippen LogP contribution in [0, 0.1) is 5.92 Å². The topological polar surface area (TPSA) is 58.1 Å². The molecule has 2 heterocycles. The average molecular weight is 274 g/mol. The van der Waals surface area contributed by atoms with E-state index in [1.165, 1.54) is 12.8 Å². The van der Waals surface area contributed by atoms with Gasteiger partial charge in [0.1, 0.15) is 5.69 Å². The second-order valence-electron chi connectivity index (χ2n) is 5.32. The second-order valence-corrected chi connectivity index (χ2v) is 5.32. The van der Waals surface area contributed by atoms with E-state index in [1.54, 1.807) is 18.5 Å². The maximum atomic E-state index is 12.1. The molecule has 108 valence electrons. The van der Waals surface area contributed by atoms with E-state index < -0.39 is 0 Å². The third kappa shape index (κ3) is 3.87. The van der Waals surface area contributed by atoms with Crippen molar-refractivity contribution < 1.29 is 4.79 Å². The Morgan fingerprint density at radius 2 is 2.35 bits per heavy atom. The van der Waals surface area contributed by atoms with Crippen molar-refractivity contribution in [2.45, 2.75) is 19.3 Å². The van der Waals surface area contributed by atoms with Crippen molar-refractivity contribution in [1.29, 1.82) is 0 Å². The Bertz CT molecular complexity index is 475. The van der Waals surface area contributed by atoms with Gasteiger partial charge >= 0.3 is 0 Å². The molecule has 0 spiro atoms. The summed E-state index contributed by atoms with van der Waals surface area (Å²) in [5, 5.41) is 2.77. The normalized spacial score (nSPS) is 19.6. The molecule has 0 saturated carbocycles. The summed E-state index contributed by atoms with van der Waals surface area (Å²) < 4.78 is 0. The van der Waals surface area contributed by atoms with Crippen LogP contribution >= 0.6 is 0 Å². The SMILES string of the molecule is C=CCNC(=O)c1nccnc1CC1CCCN(C)C1. The summed E-state index contributed by atoms with van der Waals surface area (Å²) >= 11 is 0. The summed E-state index contributed by atoms with van der Waals surface area (Å²) in [5.41, 5.74) is 1.25. The van der Waals surface area contributed by atoms with Crippen molar-refractivity contribution >= 4 is 5.91 Å². The van der Waals surface area contributed by atoms with Gasteiger partial charge in [0.15, 0.2) is 0 Å². The monoisotopic (exact) mass is 274 g/mol. The van der Waals surface area contributed by atoms with Gasteiger partial charge in [-0.3, -0.25) is 9.78 Å². The van der Waals surface area contributed by atoms with E-state index in [-0.39, 0.29) is 5.91 Å². The van der Waals surface area contributed by atoms with Gasteiger partial charge < -0.3 is 10.2 Å². The Labute approximate surface area is 120 Å². The maximum Gasteiger partial charge on any atom is 0.272 e. The number of likely N-dealkylation sites (tertiary alicyclic amines) is 1. The predicted molar refractivity (Wildman–Crippen MR) is 78.5 cm³/mol. The fourth-order valence-corrected chi connectivity index (χ4v) is 2.67. The molecule has 1 aliphatic rings. The van der Waals surface area contributed by atoms with Crippen LogP contribution in [0.4, 0.5) is 0 Å². The molecule has 1 aromatic heterocycles. The van der Waals surface area contributed by atoms with Crippen LogP contribution in [0.2, 0.25) is 0 Å². The van der Waals surface area contributed by atoms with Crippen molar-refractivity contribution in [2.75, 3.05) is 26.7 Å². The van der Waals surface area contributed by atoms with Crippen molar-refractivity contribution in [1.82, 2.24) is 20.2 Å². The number of rotatable bonds is 5. The highest BCUT2D eigenvalue weighted by Gasteiger charge is 2.21. The maximum absolute atomic E-state index is 12.1. The molecule has 0 bridgehead atoms. The Hall–Kier alpha value is -1.75. The van der Waals surface area contributed by atoms with Crippen LogP contribution in [0.3, 0.4) is 0 Å². The molecule has 5 heteroatoms. The molecule has 1 fully saturated rings. The standard InChI is InChI=1S/C15H22N4O/c1-3-6-18-15(20)14-13(16-7-8-17-14)10-12-5-4-9-19(2)11-12/h3,7-8,12H,1,4-6,9-11H2,2H3,(H,18,20). The van der Waals surface area contributed by atoms with Gasteiger partial charge in [-0.05, 0) is 38.8 Å². The number of amides is 1. The molecular formula is C15H22N4O. The summed E-state index contributed by atoms with van der Waals surface area (Å²) in [6.45, 7) is 6.26. The van der Waals surface area contributed by atoms with Crippen molar-refractivity contribution in [2.24, 2.45) is 5.92 Å². The Kier molecular flexibility index (Phi) is 5.24. The number of nitrogens with one attached hydrogen (secondary N) is 1. The lowest BCUT2D eigenvalue weighted by atomic mass is 9.93. The molecule has 1 N–H and O–H groups in total. The zero-order chi connectivity index (χ0) is 14.4. The molecule has 1 aliphatic heterocycles. The minimum absolute atomic E-state index is 0.169. The number of piperidine rings is 1. The van der Waals surface area contributed by atoms with Crippen LogP contribution < -0.4 is 5.32 Å². The molecule has 20 heavy (non-hydrogen) atoms. The summed E-state index contributed by atoms with van der Waals surface area (Å²) in [5.74, 6) is 0.383. The zero-order valence-electron chi connectivity index (χ0n) is 12.0. The first kappa shape index (κ1) is 14.7. The highest BCUT2D eigenvalue weighted by molar-refractivity contribution is 5.93. The lowest BCUT2D eigenvalue weighted by Gasteiger charge is -2.29. The first-order chi connectivity index (χ1) is 9.70. The minimum atomic E-state index is -0.169. The van der Waals surface area contributed by atoms with Crippen LogP contribution in [-0.4, -0.2) is 47.5 Å². The van der Waals surface area contributed by atoms with Gasteiger partial charge in [-0.25, -0.2) is 4.98 Å². The number of hydrogen-bond donors (Lipinski definition) is 1. The minimum Gasteiger partial charge on any atom is -0.347 e. The highest BCUT2D eigenvalue weighted by Crippen LogP contribution is 2.20. The van der Waals surface area contributed by atoms with Crippen LogP contribution in [-0.2, 0) is 6.42 Å². The second kappa shape index (κ2) is 7.14. The molecule has 1 amide bonds. The summed E-state index contributed by atoms with van der Waals surface area (Å²) in [6.07, 6.45) is 8.10. The lowest BCUT2D eigenvalue weighted by molar-refractivity contribution is 0.0950. The van der Waals surface area contributed by atoms with Crippen LogP contribution in [0.15, 0.2) is 25.0 Å². The number of carbonyl (C=O) groups excluding carboxylic acids is 1. The van der Waals surface area contributed by atoms with Crippen LogP contribution in [0.25, 0.3) is 0 Å². The summed E-state index contributed by atoms with van der Waals surface area (Å²) in [4.78, 5) is 22.9. The molecule has 1 saturated heterocycles. The molecule has 0 radical (unpaired) electrons. The lowest BCUT2D eigenvalue weighted by Crippen LogP contribution is -2.34.